The minimum atomic E-state index is -0.679. The van der Waals surface area contributed by atoms with Crippen molar-refractivity contribution in [1.82, 2.24) is 5.32 Å². The Labute approximate surface area is 98.6 Å². The van der Waals surface area contributed by atoms with Crippen molar-refractivity contribution in [1.29, 1.82) is 0 Å². The van der Waals surface area contributed by atoms with Crippen LogP contribution in [0.5, 0.6) is 0 Å². The van der Waals surface area contributed by atoms with Crippen LogP contribution >= 0.6 is 0 Å². The van der Waals surface area contributed by atoms with Gasteiger partial charge in [0.15, 0.2) is 0 Å². The van der Waals surface area contributed by atoms with Crippen molar-refractivity contribution in [2.45, 2.75) is 58.9 Å². The standard InChI is InChI=1S/C13H25NO2/c1-5-14-13(11(15)16)8-6-10(7-9-13)12(2,3)4/h10,14H,5-9H2,1-4H3,(H,15,16). The van der Waals surface area contributed by atoms with Gasteiger partial charge in [-0.2, -0.15) is 0 Å². The van der Waals surface area contributed by atoms with Crippen LogP contribution in [0.1, 0.15) is 53.4 Å². The lowest BCUT2D eigenvalue weighted by Gasteiger charge is -2.42. The van der Waals surface area contributed by atoms with Gasteiger partial charge in [0.2, 0.25) is 0 Å². The molecule has 0 unspecified atom stereocenters. The van der Waals surface area contributed by atoms with Crippen LogP contribution in [0.2, 0.25) is 0 Å². The maximum atomic E-state index is 11.4. The SMILES string of the molecule is CCNC1(C(=O)O)CCC(C(C)(C)C)CC1. The molecule has 1 aliphatic rings. The van der Waals surface area contributed by atoms with Gasteiger partial charge in [0.05, 0.1) is 0 Å². The van der Waals surface area contributed by atoms with Crippen molar-refractivity contribution < 1.29 is 9.90 Å². The highest BCUT2D eigenvalue weighted by Gasteiger charge is 2.43. The summed E-state index contributed by atoms with van der Waals surface area (Å²) in [6.07, 6.45) is 3.56. The molecule has 0 saturated heterocycles. The molecule has 0 amide bonds. The zero-order valence-electron chi connectivity index (χ0n) is 11.0. The van der Waals surface area contributed by atoms with E-state index in [4.69, 9.17) is 0 Å². The van der Waals surface area contributed by atoms with E-state index in [1.807, 2.05) is 6.92 Å². The van der Waals surface area contributed by atoms with Gasteiger partial charge in [-0.3, -0.25) is 4.79 Å². The lowest BCUT2D eigenvalue weighted by molar-refractivity contribution is -0.147. The van der Waals surface area contributed by atoms with Crippen molar-refractivity contribution in [2.75, 3.05) is 6.54 Å². The monoisotopic (exact) mass is 227 g/mol. The fourth-order valence-corrected chi connectivity index (χ4v) is 2.78. The third-order valence-corrected chi connectivity index (χ3v) is 3.99. The number of carbonyl (C=O) groups is 1. The maximum absolute atomic E-state index is 11.4. The summed E-state index contributed by atoms with van der Waals surface area (Å²) < 4.78 is 0. The van der Waals surface area contributed by atoms with Gasteiger partial charge >= 0.3 is 5.97 Å². The van der Waals surface area contributed by atoms with E-state index in [0.29, 0.717) is 11.3 Å². The largest absolute Gasteiger partial charge is 0.480 e. The van der Waals surface area contributed by atoms with Crippen molar-refractivity contribution in [2.24, 2.45) is 11.3 Å². The van der Waals surface area contributed by atoms with E-state index in [0.717, 1.165) is 32.2 Å². The molecule has 1 fully saturated rings. The molecule has 3 nitrogen and oxygen atoms in total. The number of nitrogens with one attached hydrogen (secondary N) is 1. The van der Waals surface area contributed by atoms with E-state index in [9.17, 15) is 9.90 Å². The van der Waals surface area contributed by atoms with Gasteiger partial charge < -0.3 is 10.4 Å². The summed E-state index contributed by atoms with van der Waals surface area (Å²) in [4.78, 5) is 11.4. The Morgan fingerprint density at radius 3 is 2.19 bits per heavy atom. The smallest absolute Gasteiger partial charge is 0.323 e. The summed E-state index contributed by atoms with van der Waals surface area (Å²) in [7, 11) is 0. The molecule has 1 aliphatic carbocycles. The summed E-state index contributed by atoms with van der Waals surface area (Å²) in [5.74, 6) is -0.0275. The van der Waals surface area contributed by atoms with Crippen molar-refractivity contribution in [3.63, 3.8) is 0 Å². The third-order valence-electron chi connectivity index (χ3n) is 3.99. The van der Waals surface area contributed by atoms with Crippen LogP contribution in [0.3, 0.4) is 0 Å². The number of carboxylic acids is 1. The Bertz CT molecular complexity index is 247. The molecular weight excluding hydrogens is 202 g/mol. The van der Waals surface area contributed by atoms with Crippen molar-refractivity contribution in [3.05, 3.63) is 0 Å². The first-order valence-electron chi connectivity index (χ1n) is 6.30. The zero-order valence-corrected chi connectivity index (χ0v) is 11.0. The highest BCUT2D eigenvalue weighted by atomic mass is 16.4. The number of rotatable bonds is 3. The molecule has 3 heteroatoms. The molecule has 0 aliphatic heterocycles. The van der Waals surface area contributed by atoms with E-state index >= 15 is 0 Å². The summed E-state index contributed by atoms with van der Waals surface area (Å²) in [5.41, 5.74) is -0.354. The Morgan fingerprint density at radius 2 is 1.88 bits per heavy atom. The molecule has 16 heavy (non-hydrogen) atoms. The molecule has 0 heterocycles. The average Bonchev–Trinajstić information content (AvgIpc) is 2.17. The lowest BCUT2D eigenvalue weighted by Crippen LogP contribution is -2.54. The normalized spacial score (nSPS) is 31.4. The molecule has 94 valence electrons. The molecule has 0 aromatic heterocycles. The summed E-state index contributed by atoms with van der Waals surface area (Å²) in [5, 5.41) is 12.5. The minimum absolute atomic E-state index is 0.302. The Hall–Kier alpha value is -0.570. The fraction of sp³-hybridized carbons (Fsp3) is 0.923. The van der Waals surface area contributed by atoms with Crippen LogP contribution in [0.15, 0.2) is 0 Å². The number of hydrogen-bond donors (Lipinski definition) is 2. The van der Waals surface area contributed by atoms with E-state index in [-0.39, 0.29) is 0 Å². The number of carboxylic acid groups (broad SMARTS) is 1. The quantitative estimate of drug-likeness (QED) is 0.779. The summed E-state index contributed by atoms with van der Waals surface area (Å²) in [6.45, 7) is 9.45. The molecular formula is C13H25NO2. The van der Waals surface area contributed by atoms with Gasteiger partial charge in [-0.1, -0.05) is 27.7 Å². The van der Waals surface area contributed by atoms with Crippen LogP contribution in [-0.4, -0.2) is 23.2 Å². The molecule has 2 N–H and O–H groups in total. The molecule has 1 saturated carbocycles. The minimum Gasteiger partial charge on any atom is -0.480 e. The Kier molecular flexibility index (Phi) is 4.00. The predicted octanol–water partition coefficient (Wildman–Crippen LogP) is 2.66. The van der Waals surface area contributed by atoms with Gasteiger partial charge in [-0.25, -0.2) is 0 Å². The van der Waals surface area contributed by atoms with E-state index < -0.39 is 11.5 Å². The van der Waals surface area contributed by atoms with Crippen LogP contribution in [0.4, 0.5) is 0 Å². The maximum Gasteiger partial charge on any atom is 0.323 e. The fourth-order valence-electron chi connectivity index (χ4n) is 2.78. The highest BCUT2D eigenvalue weighted by Crippen LogP contribution is 2.41. The zero-order chi connectivity index (χ0) is 12.4. The first kappa shape index (κ1) is 13.5. The van der Waals surface area contributed by atoms with E-state index in [1.165, 1.54) is 0 Å². The summed E-state index contributed by atoms with van der Waals surface area (Å²) >= 11 is 0. The van der Waals surface area contributed by atoms with Crippen LogP contribution < -0.4 is 5.32 Å². The van der Waals surface area contributed by atoms with E-state index in [2.05, 4.69) is 26.1 Å². The van der Waals surface area contributed by atoms with Crippen LogP contribution in [0.25, 0.3) is 0 Å². The molecule has 0 radical (unpaired) electrons. The van der Waals surface area contributed by atoms with Gasteiger partial charge in [-0.15, -0.1) is 0 Å². The van der Waals surface area contributed by atoms with Gasteiger partial charge in [0.25, 0.3) is 0 Å². The first-order chi connectivity index (χ1) is 7.32. The molecule has 0 bridgehead atoms. The molecule has 0 aromatic rings. The highest BCUT2D eigenvalue weighted by molar-refractivity contribution is 5.78. The van der Waals surface area contributed by atoms with Crippen LogP contribution in [-0.2, 0) is 4.79 Å². The second kappa shape index (κ2) is 4.74. The predicted molar refractivity (Wildman–Crippen MR) is 65.5 cm³/mol. The number of hydrogen-bond acceptors (Lipinski definition) is 2. The lowest BCUT2D eigenvalue weighted by atomic mass is 9.67. The van der Waals surface area contributed by atoms with E-state index in [1.54, 1.807) is 0 Å². The topological polar surface area (TPSA) is 49.3 Å². The average molecular weight is 227 g/mol. The molecule has 1 rings (SSSR count). The van der Waals surface area contributed by atoms with Gasteiger partial charge in [-0.05, 0) is 43.6 Å². The first-order valence-corrected chi connectivity index (χ1v) is 6.30. The van der Waals surface area contributed by atoms with Crippen molar-refractivity contribution >= 4 is 5.97 Å². The van der Waals surface area contributed by atoms with Crippen molar-refractivity contribution in [3.8, 4) is 0 Å². The molecule has 0 spiro atoms. The second-order valence-corrected chi connectivity index (χ2v) is 6.06. The number of aliphatic carboxylic acids is 1. The number of likely N-dealkylation sites (N-methyl/N-ethyl adjacent to an activating group) is 1. The third kappa shape index (κ3) is 2.76. The molecule has 0 atom stereocenters. The molecule has 0 aromatic carbocycles. The second-order valence-electron chi connectivity index (χ2n) is 6.06. The summed E-state index contributed by atoms with van der Waals surface area (Å²) in [6, 6.07) is 0. The Morgan fingerprint density at radius 1 is 1.38 bits per heavy atom. The van der Waals surface area contributed by atoms with Crippen LogP contribution in [0, 0.1) is 11.3 Å². The van der Waals surface area contributed by atoms with Gasteiger partial charge in [0, 0.05) is 0 Å². The van der Waals surface area contributed by atoms with Gasteiger partial charge in [0.1, 0.15) is 5.54 Å². The Balaban J connectivity index is 2.67.